The second-order valence-corrected chi connectivity index (χ2v) is 6.46. The highest BCUT2D eigenvalue weighted by Crippen LogP contribution is 2.22. The first-order valence-corrected chi connectivity index (χ1v) is 8.14. The second kappa shape index (κ2) is 7.24. The van der Waals surface area contributed by atoms with Gasteiger partial charge in [-0.2, -0.15) is 0 Å². The van der Waals surface area contributed by atoms with Gasteiger partial charge in [-0.3, -0.25) is 9.80 Å². The van der Waals surface area contributed by atoms with Crippen molar-refractivity contribution in [3.05, 3.63) is 35.9 Å². The van der Waals surface area contributed by atoms with E-state index in [1.165, 1.54) is 38.2 Å². The van der Waals surface area contributed by atoms with E-state index in [4.69, 9.17) is 0 Å². The van der Waals surface area contributed by atoms with Crippen LogP contribution in [0.1, 0.15) is 45.6 Å². The average molecular weight is 274 g/mol. The summed E-state index contributed by atoms with van der Waals surface area (Å²) >= 11 is 0. The molecule has 2 heteroatoms. The van der Waals surface area contributed by atoms with Gasteiger partial charge in [0.15, 0.2) is 0 Å². The molecule has 1 aliphatic rings. The monoisotopic (exact) mass is 274 g/mol. The summed E-state index contributed by atoms with van der Waals surface area (Å²) in [6.07, 6.45) is 1.22. The van der Waals surface area contributed by atoms with Gasteiger partial charge in [-0.05, 0) is 38.7 Å². The van der Waals surface area contributed by atoms with E-state index in [0.29, 0.717) is 18.0 Å². The first-order valence-electron chi connectivity index (χ1n) is 8.14. The van der Waals surface area contributed by atoms with Crippen LogP contribution in [0.15, 0.2) is 30.3 Å². The third-order valence-electron chi connectivity index (χ3n) is 4.67. The third-order valence-corrected chi connectivity index (χ3v) is 4.67. The summed E-state index contributed by atoms with van der Waals surface area (Å²) in [5, 5.41) is 0. The zero-order valence-electron chi connectivity index (χ0n) is 13.5. The fourth-order valence-corrected chi connectivity index (χ4v) is 3.49. The minimum atomic E-state index is 0.670. The largest absolute Gasteiger partial charge is 0.300 e. The maximum Gasteiger partial charge on any atom is 0.0198 e. The lowest BCUT2D eigenvalue weighted by molar-refractivity contribution is 0.0568. The highest BCUT2D eigenvalue weighted by Gasteiger charge is 2.26. The van der Waals surface area contributed by atoms with Crippen molar-refractivity contribution in [2.24, 2.45) is 0 Å². The fourth-order valence-electron chi connectivity index (χ4n) is 3.49. The van der Waals surface area contributed by atoms with E-state index >= 15 is 0 Å². The maximum absolute atomic E-state index is 2.66. The lowest BCUT2D eigenvalue weighted by Gasteiger charge is -2.43. The van der Waals surface area contributed by atoms with Crippen LogP contribution in [-0.2, 0) is 0 Å². The zero-order chi connectivity index (χ0) is 14.5. The summed E-state index contributed by atoms with van der Waals surface area (Å²) < 4.78 is 0. The molecular weight excluding hydrogens is 244 g/mol. The number of hydrogen-bond donors (Lipinski definition) is 0. The molecule has 0 saturated carbocycles. The lowest BCUT2D eigenvalue weighted by atomic mass is 9.95. The molecule has 2 atom stereocenters. The van der Waals surface area contributed by atoms with E-state index in [9.17, 15) is 0 Å². The molecule has 2 rings (SSSR count). The van der Waals surface area contributed by atoms with E-state index in [1.54, 1.807) is 0 Å². The Morgan fingerprint density at radius 1 is 1.15 bits per heavy atom. The molecule has 0 bridgehead atoms. The van der Waals surface area contributed by atoms with Crippen LogP contribution in [0.2, 0.25) is 0 Å². The molecule has 1 aromatic carbocycles. The summed E-state index contributed by atoms with van der Waals surface area (Å²) in [5.74, 6) is 0.675. The van der Waals surface area contributed by atoms with Crippen LogP contribution < -0.4 is 0 Å². The third kappa shape index (κ3) is 3.83. The van der Waals surface area contributed by atoms with Gasteiger partial charge in [-0.1, -0.05) is 37.3 Å². The molecule has 1 aromatic rings. The number of rotatable bonds is 5. The molecule has 0 aliphatic carbocycles. The Kier molecular flexibility index (Phi) is 5.62. The SMILES string of the molecule is CC[C@H](CN1CCN(C(C)C)C(C)C1)c1ccccc1. The van der Waals surface area contributed by atoms with Gasteiger partial charge in [0.2, 0.25) is 0 Å². The predicted octanol–water partition coefficient (Wildman–Crippen LogP) is 3.59. The number of piperazine rings is 1. The van der Waals surface area contributed by atoms with Crippen LogP contribution in [0.5, 0.6) is 0 Å². The topological polar surface area (TPSA) is 6.48 Å². The highest BCUT2D eigenvalue weighted by atomic mass is 15.3. The van der Waals surface area contributed by atoms with Gasteiger partial charge in [0.05, 0.1) is 0 Å². The number of benzene rings is 1. The maximum atomic E-state index is 2.66. The average Bonchev–Trinajstić information content (AvgIpc) is 2.45. The van der Waals surface area contributed by atoms with Crippen LogP contribution >= 0.6 is 0 Å². The van der Waals surface area contributed by atoms with Crippen LogP contribution in [-0.4, -0.2) is 48.1 Å². The summed E-state index contributed by atoms with van der Waals surface area (Å²) in [4.78, 5) is 5.28. The Morgan fingerprint density at radius 3 is 2.40 bits per heavy atom. The molecule has 20 heavy (non-hydrogen) atoms. The predicted molar refractivity (Wildman–Crippen MR) is 87.2 cm³/mol. The van der Waals surface area contributed by atoms with Gasteiger partial charge < -0.3 is 0 Å². The Labute approximate surface area is 124 Å². The van der Waals surface area contributed by atoms with Crippen LogP contribution in [0.4, 0.5) is 0 Å². The Morgan fingerprint density at radius 2 is 1.85 bits per heavy atom. The molecule has 1 unspecified atom stereocenters. The van der Waals surface area contributed by atoms with Gasteiger partial charge in [-0.15, -0.1) is 0 Å². The Balaban J connectivity index is 1.93. The minimum absolute atomic E-state index is 0.670. The van der Waals surface area contributed by atoms with Gasteiger partial charge in [0.1, 0.15) is 0 Å². The van der Waals surface area contributed by atoms with Gasteiger partial charge in [0, 0.05) is 38.3 Å². The molecule has 0 aromatic heterocycles. The molecule has 0 spiro atoms. The van der Waals surface area contributed by atoms with Gasteiger partial charge in [0.25, 0.3) is 0 Å². The van der Waals surface area contributed by atoms with E-state index in [1.807, 2.05) is 0 Å². The van der Waals surface area contributed by atoms with E-state index in [2.05, 4.69) is 67.8 Å². The quantitative estimate of drug-likeness (QED) is 0.809. The highest BCUT2D eigenvalue weighted by molar-refractivity contribution is 5.19. The van der Waals surface area contributed by atoms with Crippen molar-refractivity contribution in [1.29, 1.82) is 0 Å². The molecule has 0 amide bonds. The van der Waals surface area contributed by atoms with Crippen LogP contribution in [0.25, 0.3) is 0 Å². The molecule has 1 fully saturated rings. The summed E-state index contributed by atoms with van der Waals surface area (Å²) in [7, 11) is 0. The van der Waals surface area contributed by atoms with Crippen LogP contribution in [0, 0.1) is 0 Å². The molecule has 112 valence electrons. The normalized spacial score (nSPS) is 23.1. The first-order chi connectivity index (χ1) is 9.61. The van der Waals surface area contributed by atoms with Crippen molar-refractivity contribution < 1.29 is 0 Å². The van der Waals surface area contributed by atoms with Gasteiger partial charge >= 0.3 is 0 Å². The Hall–Kier alpha value is -0.860. The van der Waals surface area contributed by atoms with Crippen molar-refractivity contribution in [3.63, 3.8) is 0 Å². The van der Waals surface area contributed by atoms with Crippen LogP contribution in [0.3, 0.4) is 0 Å². The first kappa shape index (κ1) is 15.5. The number of nitrogens with zero attached hydrogens (tertiary/aromatic N) is 2. The summed E-state index contributed by atoms with van der Waals surface area (Å²) in [6, 6.07) is 12.3. The molecule has 2 nitrogen and oxygen atoms in total. The fraction of sp³-hybridized carbons (Fsp3) is 0.667. The zero-order valence-corrected chi connectivity index (χ0v) is 13.5. The summed E-state index contributed by atoms with van der Waals surface area (Å²) in [5.41, 5.74) is 1.49. The summed E-state index contributed by atoms with van der Waals surface area (Å²) in [6.45, 7) is 14.1. The van der Waals surface area contributed by atoms with E-state index in [-0.39, 0.29) is 0 Å². The molecule has 0 N–H and O–H groups in total. The minimum Gasteiger partial charge on any atom is -0.300 e. The molecule has 1 heterocycles. The van der Waals surface area contributed by atoms with Crippen molar-refractivity contribution in [1.82, 2.24) is 9.80 Å². The number of hydrogen-bond acceptors (Lipinski definition) is 2. The van der Waals surface area contributed by atoms with Crippen molar-refractivity contribution in [2.45, 2.75) is 52.1 Å². The molecule has 1 saturated heterocycles. The molecule has 0 radical (unpaired) electrons. The smallest absolute Gasteiger partial charge is 0.0198 e. The molecular formula is C18H30N2. The molecule has 1 aliphatic heterocycles. The Bertz CT molecular complexity index is 388. The lowest BCUT2D eigenvalue weighted by Crippen LogP contribution is -2.54. The second-order valence-electron chi connectivity index (χ2n) is 6.46. The van der Waals surface area contributed by atoms with Crippen molar-refractivity contribution in [2.75, 3.05) is 26.2 Å². The van der Waals surface area contributed by atoms with Gasteiger partial charge in [-0.25, -0.2) is 0 Å². The van der Waals surface area contributed by atoms with Crippen molar-refractivity contribution in [3.8, 4) is 0 Å². The standard InChI is InChI=1S/C18H30N2/c1-5-17(18-9-7-6-8-10-18)14-19-11-12-20(15(2)3)16(4)13-19/h6-10,15-17H,5,11-14H2,1-4H3/t16?,17-/m1/s1. The van der Waals surface area contributed by atoms with E-state index < -0.39 is 0 Å². The van der Waals surface area contributed by atoms with Crippen molar-refractivity contribution >= 4 is 0 Å². The van der Waals surface area contributed by atoms with E-state index in [0.717, 1.165) is 0 Å².